The summed E-state index contributed by atoms with van der Waals surface area (Å²) < 4.78 is 11.5. The quantitative estimate of drug-likeness (QED) is 0.831. The Balaban J connectivity index is 1.36. The zero-order chi connectivity index (χ0) is 18.1. The average molecular weight is 360 g/mol. The molecule has 0 N–H and O–H groups in total. The molecule has 4 rings (SSSR count). The van der Waals surface area contributed by atoms with Crippen LogP contribution in [0.25, 0.3) is 0 Å². The summed E-state index contributed by atoms with van der Waals surface area (Å²) in [5.41, 5.74) is 0.461. The Morgan fingerprint density at radius 2 is 2.04 bits per heavy atom. The molecule has 0 aromatic carbocycles. The predicted molar refractivity (Wildman–Crippen MR) is 95.8 cm³/mol. The lowest BCUT2D eigenvalue weighted by molar-refractivity contribution is -0.135. The Labute approximate surface area is 154 Å². The molecule has 0 bridgehead atoms. The summed E-state index contributed by atoms with van der Waals surface area (Å²) in [5, 5.41) is 0. The van der Waals surface area contributed by atoms with Crippen molar-refractivity contribution in [2.75, 3.05) is 32.8 Å². The molecule has 0 atom stereocenters. The number of likely N-dealkylation sites (tertiary alicyclic amines) is 1. The second-order valence-electron chi connectivity index (χ2n) is 8.07. The SMILES string of the molecule is Cc1ccoc1C(=O)N1CCC2(CC1)CC(=O)N(CC1CCC1)CCO2. The maximum atomic E-state index is 12.8. The highest BCUT2D eigenvalue weighted by atomic mass is 16.5. The van der Waals surface area contributed by atoms with E-state index in [1.807, 2.05) is 22.8 Å². The number of hydrogen-bond acceptors (Lipinski definition) is 4. The highest BCUT2D eigenvalue weighted by Crippen LogP contribution is 2.34. The first-order valence-electron chi connectivity index (χ1n) is 9.81. The number of aryl methyl sites for hydroxylation is 1. The van der Waals surface area contributed by atoms with Gasteiger partial charge in [0, 0.05) is 31.7 Å². The van der Waals surface area contributed by atoms with Gasteiger partial charge in [0.15, 0.2) is 5.76 Å². The van der Waals surface area contributed by atoms with Gasteiger partial charge in [0.1, 0.15) is 0 Å². The van der Waals surface area contributed by atoms with Gasteiger partial charge in [-0.15, -0.1) is 0 Å². The Kier molecular flexibility index (Phi) is 4.78. The minimum atomic E-state index is -0.402. The molecule has 1 aromatic rings. The van der Waals surface area contributed by atoms with Crippen LogP contribution in [0.4, 0.5) is 0 Å². The van der Waals surface area contributed by atoms with E-state index in [-0.39, 0.29) is 11.8 Å². The minimum absolute atomic E-state index is 0.0612. The molecule has 26 heavy (non-hydrogen) atoms. The fourth-order valence-corrected chi connectivity index (χ4v) is 4.29. The van der Waals surface area contributed by atoms with Gasteiger partial charge < -0.3 is 19.0 Å². The maximum absolute atomic E-state index is 12.8. The number of rotatable bonds is 3. The number of ether oxygens (including phenoxy) is 1. The van der Waals surface area contributed by atoms with Crippen LogP contribution in [-0.2, 0) is 9.53 Å². The van der Waals surface area contributed by atoms with Gasteiger partial charge in [-0.3, -0.25) is 9.59 Å². The first kappa shape index (κ1) is 17.6. The van der Waals surface area contributed by atoms with Crippen molar-refractivity contribution in [3.05, 3.63) is 23.7 Å². The molecular weight excluding hydrogens is 332 g/mol. The van der Waals surface area contributed by atoms with Crippen molar-refractivity contribution in [2.24, 2.45) is 5.92 Å². The van der Waals surface area contributed by atoms with Crippen molar-refractivity contribution in [3.63, 3.8) is 0 Å². The van der Waals surface area contributed by atoms with Gasteiger partial charge in [0.05, 0.1) is 24.9 Å². The molecule has 1 saturated carbocycles. The number of nitrogens with zero attached hydrogens (tertiary/aromatic N) is 2. The largest absolute Gasteiger partial charge is 0.459 e. The third-order valence-electron chi connectivity index (χ3n) is 6.32. The Hall–Kier alpha value is -1.82. The van der Waals surface area contributed by atoms with E-state index in [1.54, 1.807) is 6.26 Å². The molecule has 6 heteroatoms. The molecule has 2 aliphatic heterocycles. The van der Waals surface area contributed by atoms with Crippen molar-refractivity contribution < 1.29 is 18.7 Å². The third-order valence-corrected chi connectivity index (χ3v) is 6.32. The van der Waals surface area contributed by atoms with Crippen LogP contribution in [0.5, 0.6) is 0 Å². The number of amides is 2. The summed E-state index contributed by atoms with van der Waals surface area (Å²) in [6.07, 6.45) is 7.21. The average Bonchev–Trinajstić information content (AvgIpc) is 2.95. The van der Waals surface area contributed by atoms with Crippen LogP contribution in [0.15, 0.2) is 16.7 Å². The number of carbonyl (C=O) groups is 2. The summed E-state index contributed by atoms with van der Waals surface area (Å²) in [4.78, 5) is 29.2. The molecule has 3 aliphatic rings. The van der Waals surface area contributed by atoms with Gasteiger partial charge >= 0.3 is 0 Å². The normalized spacial score (nSPS) is 23.8. The van der Waals surface area contributed by atoms with Crippen LogP contribution in [0.3, 0.4) is 0 Å². The van der Waals surface area contributed by atoms with Crippen LogP contribution in [0, 0.1) is 12.8 Å². The highest BCUT2D eigenvalue weighted by Gasteiger charge is 2.42. The third kappa shape index (κ3) is 3.39. The molecule has 142 valence electrons. The van der Waals surface area contributed by atoms with Crippen molar-refractivity contribution >= 4 is 11.8 Å². The summed E-state index contributed by atoms with van der Waals surface area (Å²) in [5.74, 6) is 1.26. The summed E-state index contributed by atoms with van der Waals surface area (Å²) >= 11 is 0. The van der Waals surface area contributed by atoms with Crippen molar-refractivity contribution in [2.45, 2.75) is 51.0 Å². The molecule has 2 saturated heterocycles. The molecule has 2 amide bonds. The number of carbonyl (C=O) groups excluding carboxylic acids is 2. The molecule has 3 heterocycles. The Morgan fingerprint density at radius 3 is 2.65 bits per heavy atom. The number of hydrogen-bond donors (Lipinski definition) is 0. The van der Waals surface area contributed by atoms with E-state index in [0.717, 1.165) is 12.1 Å². The van der Waals surface area contributed by atoms with Gasteiger partial charge in [-0.25, -0.2) is 0 Å². The lowest BCUT2D eigenvalue weighted by atomic mass is 9.84. The highest BCUT2D eigenvalue weighted by molar-refractivity contribution is 5.93. The molecule has 6 nitrogen and oxygen atoms in total. The standard InChI is InChI=1S/C20H28N2O4/c1-15-5-11-25-18(15)19(24)21-8-6-20(7-9-21)13-17(23)22(10-12-26-20)14-16-3-2-4-16/h5,11,16H,2-4,6-10,12-14H2,1H3. The lowest BCUT2D eigenvalue weighted by Gasteiger charge is -2.40. The summed E-state index contributed by atoms with van der Waals surface area (Å²) in [6, 6.07) is 1.81. The Morgan fingerprint density at radius 1 is 1.27 bits per heavy atom. The van der Waals surface area contributed by atoms with Gasteiger partial charge in [-0.2, -0.15) is 0 Å². The predicted octanol–water partition coefficient (Wildman–Crippen LogP) is 2.61. The molecule has 1 aliphatic carbocycles. The van der Waals surface area contributed by atoms with E-state index in [1.165, 1.54) is 19.3 Å². The maximum Gasteiger partial charge on any atom is 0.289 e. The van der Waals surface area contributed by atoms with E-state index in [2.05, 4.69) is 0 Å². The lowest BCUT2D eigenvalue weighted by Crippen LogP contribution is -2.49. The number of furan rings is 1. The van der Waals surface area contributed by atoms with Gasteiger partial charge in [0.25, 0.3) is 5.91 Å². The van der Waals surface area contributed by atoms with Gasteiger partial charge in [0.2, 0.25) is 5.91 Å². The fourth-order valence-electron chi connectivity index (χ4n) is 4.29. The van der Waals surface area contributed by atoms with Gasteiger partial charge in [-0.1, -0.05) is 6.42 Å². The van der Waals surface area contributed by atoms with Crippen molar-refractivity contribution in [1.29, 1.82) is 0 Å². The molecular formula is C20H28N2O4. The monoisotopic (exact) mass is 360 g/mol. The van der Waals surface area contributed by atoms with Crippen LogP contribution in [0.1, 0.15) is 54.6 Å². The van der Waals surface area contributed by atoms with E-state index >= 15 is 0 Å². The van der Waals surface area contributed by atoms with Crippen molar-refractivity contribution in [3.8, 4) is 0 Å². The van der Waals surface area contributed by atoms with Crippen LogP contribution in [-0.4, -0.2) is 60.0 Å². The minimum Gasteiger partial charge on any atom is -0.459 e. The van der Waals surface area contributed by atoms with Crippen LogP contribution >= 0.6 is 0 Å². The van der Waals surface area contributed by atoms with E-state index in [9.17, 15) is 9.59 Å². The van der Waals surface area contributed by atoms with Gasteiger partial charge in [-0.05, 0) is 44.6 Å². The van der Waals surface area contributed by atoms with E-state index < -0.39 is 5.60 Å². The second-order valence-corrected chi connectivity index (χ2v) is 8.07. The van der Waals surface area contributed by atoms with Crippen LogP contribution in [0.2, 0.25) is 0 Å². The second kappa shape index (κ2) is 7.06. The summed E-state index contributed by atoms with van der Waals surface area (Å²) in [6.45, 7) is 5.28. The zero-order valence-electron chi connectivity index (χ0n) is 15.5. The fraction of sp³-hybridized carbons (Fsp3) is 0.700. The molecule has 0 unspecified atom stereocenters. The Bertz CT molecular complexity index is 671. The smallest absolute Gasteiger partial charge is 0.289 e. The molecule has 3 fully saturated rings. The number of piperidine rings is 1. The molecule has 1 aromatic heterocycles. The van der Waals surface area contributed by atoms with Crippen LogP contribution < -0.4 is 0 Å². The first-order chi connectivity index (χ1) is 12.6. The molecule has 1 spiro atoms. The summed E-state index contributed by atoms with van der Waals surface area (Å²) in [7, 11) is 0. The van der Waals surface area contributed by atoms with E-state index in [0.29, 0.717) is 57.2 Å². The molecule has 0 radical (unpaired) electrons. The zero-order valence-corrected chi connectivity index (χ0v) is 15.5. The van der Waals surface area contributed by atoms with Crippen molar-refractivity contribution in [1.82, 2.24) is 9.80 Å². The van der Waals surface area contributed by atoms with E-state index in [4.69, 9.17) is 9.15 Å². The topological polar surface area (TPSA) is 63.0 Å². The first-order valence-corrected chi connectivity index (χ1v) is 9.81.